The van der Waals surface area contributed by atoms with Gasteiger partial charge in [-0.05, 0) is 69.3 Å². The van der Waals surface area contributed by atoms with E-state index in [1.807, 2.05) is 42.5 Å². The number of allylic oxidation sites excluding steroid dienone is 1. The molecule has 1 saturated carbocycles. The average molecular weight is 700 g/mol. The summed E-state index contributed by atoms with van der Waals surface area (Å²) in [5.74, 6) is -1.53. The predicted octanol–water partition coefficient (Wildman–Crippen LogP) is 4.70. The lowest BCUT2D eigenvalue weighted by Gasteiger charge is -2.30. The number of ether oxygens (including phenoxy) is 2. The van der Waals surface area contributed by atoms with E-state index in [0.29, 0.717) is 29.6 Å². The molecule has 1 aromatic carbocycles. The zero-order valence-corrected chi connectivity index (χ0v) is 28.4. The highest BCUT2D eigenvalue weighted by molar-refractivity contribution is 9.10. The Hall–Kier alpha value is -3.74. The molecule has 1 aromatic heterocycles. The predicted molar refractivity (Wildman–Crippen MR) is 173 cm³/mol. The smallest absolute Gasteiger partial charge is 0.408 e. The molecule has 0 bridgehead atoms. The van der Waals surface area contributed by atoms with Gasteiger partial charge in [0.1, 0.15) is 28.9 Å². The Morgan fingerprint density at radius 2 is 1.89 bits per heavy atom. The van der Waals surface area contributed by atoms with Gasteiger partial charge >= 0.3 is 12.1 Å². The maximum atomic E-state index is 14.3. The molecule has 1 aliphatic carbocycles. The first-order valence-corrected chi connectivity index (χ1v) is 16.8. The number of rotatable bonds is 5. The minimum atomic E-state index is -1.18. The third kappa shape index (κ3) is 7.62. The van der Waals surface area contributed by atoms with Crippen LogP contribution in [0.15, 0.2) is 47.1 Å². The van der Waals surface area contributed by atoms with Crippen molar-refractivity contribution in [1.82, 2.24) is 30.5 Å². The van der Waals surface area contributed by atoms with Gasteiger partial charge in [0.25, 0.3) is 0 Å². The Labute approximate surface area is 277 Å². The van der Waals surface area contributed by atoms with Crippen LogP contribution in [0.2, 0.25) is 0 Å². The molecule has 0 radical (unpaired) electrons. The van der Waals surface area contributed by atoms with E-state index >= 15 is 0 Å². The van der Waals surface area contributed by atoms with Gasteiger partial charge in [-0.25, -0.2) is 9.59 Å². The molecule has 2 N–H and O–H groups in total. The molecule has 2 aliphatic heterocycles. The quantitative estimate of drug-likeness (QED) is 0.338. The molecule has 5 atom stereocenters. The second kappa shape index (κ2) is 13.9. The molecule has 12 nitrogen and oxygen atoms in total. The van der Waals surface area contributed by atoms with Crippen LogP contribution < -0.4 is 10.6 Å². The number of amides is 3. The average Bonchev–Trinajstić information content (AvgIpc) is 3.31. The Morgan fingerprint density at radius 3 is 2.61 bits per heavy atom. The number of carbonyl (C=O) groups excluding carboxylic acids is 4. The standard InChI is InChI=1S/C33H43BrN6O6/c1-5-45-30(43)33-19-22(33)16-12-7-6-8-13-17-24(35-31(44)46-32(2,3)4)29(42)39-20-23(18-25(39)28(41)36-33)40-37-26(27(34)38-40)21-14-10-9-11-15-21/h9-12,14-16,22-25H,5-8,13,17-20H2,1-4H3,(H,35,44)(H,36,41)/b16-12-/t22-,23+,24-,25-,33+/m0/s1. The van der Waals surface area contributed by atoms with Crippen molar-refractivity contribution < 1.29 is 28.7 Å². The number of hydrogen-bond acceptors (Lipinski definition) is 8. The van der Waals surface area contributed by atoms with Crippen molar-refractivity contribution in [3.05, 3.63) is 47.1 Å². The van der Waals surface area contributed by atoms with Crippen molar-refractivity contribution in [2.24, 2.45) is 5.92 Å². The minimum Gasteiger partial charge on any atom is -0.464 e. The summed E-state index contributed by atoms with van der Waals surface area (Å²) in [7, 11) is 0. The second-order valence-corrected chi connectivity index (χ2v) is 13.9. The summed E-state index contributed by atoms with van der Waals surface area (Å²) >= 11 is 3.52. The van der Waals surface area contributed by atoms with Gasteiger partial charge in [-0.15, -0.1) is 5.10 Å². The highest BCUT2D eigenvalue weighted by Gasteiger charge is 2.62. The summed E-state index contributed by atoms with van der Waals surface area (Å²) < 4.78 is 11.4. The van der Waals surface area contributed by atoms with Crippen LogP contribution in [-0.2, 0) is 23.9 Å². The lowest BCUT2D eigenvalue weighted by atomic mass is 10.0. The first-order valence-electron chi connectivity index (χ1n) is 16.1. The molecule has 3 aliphatic rings. The van der Waals surface area contributed by atoms with Crippen molar-refractivity contribution in [2.75, 3.05) is 13.2 Å². The third-order valence-corrected chi connectivity index (χ3v) is 9.08. The largest absolute Gasteiger partial charge is 0.464 e. The van der Waals surface area contributed by atoms with Crippen molar-refractivity contribution in [3.8, 4) is 11.3 Å². The van der Waals surface area contributed by atoms with E-state index in [-0.39, 0.29) is 25.5 Å². The van der Waals surface area contributed by atoms with Crippen LogP contribution >= 0.6 is 15.9 Å². The van der Waals surface area contributed by atoms with E-state index in [1.54, 1.807) is 32.5 Å². The van der Waals surface area contributed by atoms with Crippen molar-refractivity contribution in [2.45, 2.75) is 102 Å². The fourth-order valence-electron chi connectivity index (χ4n) is 6.18. The summed E-state index contributed by atoms with van der Waals surface area (Å²) in [6.45, 7) is 7.32. The lowest BCUT2D eigenvalue weighted by Crippen LogP contribution is -2.56. The second-order valence-electron chi connectivity index (χ2n) is 13.2. The van der Waals surface area contributed by atoms with Crippen molar-refractivity contribution in [3.63, 3.8) is 0 Å². The van der Waals surface area contributed by atoms with Crippen molar-refractivity contribution >= 4 is 39.8 Å². The topological polar surface area (TPSA) is 145 Å². The van der Waals surface area contributed by atoms with Crippen LogP contribution in [-0.4, -0.2) is 80.1 Å². The Balaban J connectivity index is 1.47. The Bertz CT molecular complexity index is 1470. The molecule has 5 rings (SSSR count). The van der Waals surface area contributed by atoms with E-state index < -0.39 is 53.1 Å². The van der Waals surface area contributed by atoms with Gasteiger partial charge in [-0.2, -0.15) is 9.90 Å². The zero-order chi connectivity index (χ0) is 33.1. The molecule has 0 unspecified atom stereocenters. The van der Waals surface area contributed by atoms with Gasteiger partial charge in [0.05, 0.1) is 12.6 Å². The number of nitrogens with one attached hydrogen (secondary N) is 2. The van der Waals surface area contributed by atoms with Crippen molar-refractivity contribution in [1.29, 1.82) is 0 Å². The fourth-order valence-corrected chi connectivity index (χ4v) is 6.65. The molecule has 46 heavy (non-hydrogen) atoms. The number of halogens is 1. The molecule has 248 valence electrons. The normalized spacial score (nSPS) is 27.7. The Kier molecular flexibility index (Phi) is 10.2. The maximum Gasteiger partial charge on any atom is 0.408 e. The molecule has 0 spiro atoms. The van der Waals surface area contributed by atoms with Gasteiger partial charge in [0.15, 0.2) is 4.60 Å². The number of hydrogen-bond donors (Lipinski definition) is 2. The van der Waals surface area contributed by atoms with Crippen LogP contribution in [0, 0.1) is 5.92 Å². The summed E-state index contributed by atoms with van der Waals surface area (Å²) in [5, 5.41) is 15.1. The van der Waals surface area contributed by atoms with Gasteiger partial charge < -0.3 is 25.0 Å². The number of carbonyl (C=O) groups is 4. The van der Waals surface area contributed by atoms with Crippen LogP contribution in [0.3, 0.4) is 0 Å². The number of aromatic nitrogens is 3. The molecule has 1 saturated heterocycles. The molecule has 3 heterocycles. The number of esters is 1. The summed E-state index contributed by atoms with van der Waals surface area (Å²) in [6.07, 6.45) is 7.57. The lowest BCUT2D eigenvalue weighted by molar-refractivity contribution is -0.150. The number of nitrogens with zero attached hydrogens (tertiary/aromatic N) is 4. The third-order valence-electron chi connectivity index (χ3n) is 8.55. The first kappa shape index (κ1) is 33.6. The van der Waals surface area contributed by atoms with Crippen LogP contribution in [0.1, 0.15) is 78.7 Å². The molecule has 13 heteroatoms. The molecule has 2 aromatic rings. The van der Waals surface area contributed by atoms with E-state index in [9.17, 15) is 19.2 Å². The van der Waals surface area contributed by atoms with Crippen LogP contribution in [0.25, 0.3) is 11.3 Å². The highest BCUT2D eigenvalue weighted by Crippen LogP contribution is 2.46. The Morgan fingerprint density at radius 1 is 1.13 bits per heavy atom. The van der Waals surface area contributed by atoms with E-state index in [2.05, 4.69) is 31.7 Å². The molecule has 2 fully saturated rings. The first-order chi connectivity index (χ1) is 21.9. The monoisotopic (exact) mass is 698 g/mol. The highest BCUT2D eigenvalue weighted by atomic mass is 79.9. The number of fused-ring (bicyclic) bond motifs is 2. The minimum absolute atomic E-state index is 0.133. The van der Waals surface area contributed by atoms with Gasteiger partial charge in [-0.3, -0.25) is 9.59 Å². The summed E-state index contributed by atoms with van der Waals surface area (Å²) in [5.41, 5.74) is -0.427. The SMILES string of the molecule is CCOC(=O)[C@@]12C[C@@H]1/C=C\CCCCC[C@H](NC(=O)OC(C)(C)C)C(=O)N1C[C@H](n3nc(Br)c(-c4ccccc4)n3)C[C@H]1C(=O)N2. The van der Waals surface area contributed by atoms with Gasteiger partial charge in [0, 0.05) is 24.4 Å². The van der Waals surface area contributed by atoms with Gasteiger partial charge in [-0.1, -0.05) is 55.3 Å². The van der Waals surface area contributed by atoms with E-state index in [0.717, 1.165) is 24.8 Å². The molecule has 3 amide bonds. The van der Waals surface area contributed by atoms with Gasteiger partial charge in [0.2, 0.25) is 11.8 Å². The zero-order valence-electron chi connectivity index (χ0n) is 26.8. The van der Waals surface area contributed by atoms with E-state index in [4.69, 9.17) is 14.6 Å². The van der Waals surface area contributed by atoms with Crippen LogP contribution in [0.5, 0.6) is 0 Å². The molecular weight excluding hydrogens is 656 g/mol. The fraction of sp³-hybridized carbons (Fsp3) is 0.576. The summed E-state index contributed by atoms with van der Waals surface area (Å²) in [6, 6.07) is 7.30. The maximum absolute atomic E-state index is 14.3. The van der Waals surface area contributed by atoms with Crippen LogP contribution in [0.4, 0.5) is 4.79 Å². The summed E-state index contributed by atoms with van der Waals surface area (Å²) in [4.78, 5) is 57.5. The molecular formula is C33H43BrN6O6. The number of benzene rings is 1. The van der Waals surface area contributed by atoms with E-state index in [1.165, 1.54) is 4.90 Å². The number of alkyl carbamates (subject to hydrolysis) is 1.